The molecule has 0 atom stereocenters. The van der Waals surface area contributed by atoms with Crippen LogP contribution in [0.15, 0.2) is 18.2 Å². The Balaban J connectivity index is 2.17. The summed E-state index contributed by atoms with van der Waals surface area (Å²) in [5, 5.41) is 12.8. The Morgan fingerprint density at radius 3 is 2.45 bits per heavy atom. The Kier molecular flexibility index (Phi) is 3.79. The maximum absolute atomic E-state index is 10.9. The van der Waals surface area contributed by atoms with Crippen molar-refractivity contribution in [1.29, 1.82) is 0 Å². The summed E-state index contributed by atoms with van der Waals surface area (Å²) in [6.07, 6.45) is 0. The van der Waals surface area contributed by atoms with Crippen molar-refractivity contribution in [3.63, 3.8) is 0 Å². The minimum Gasteiger partial charge on any atom is -0.487 e. The Morgan fingerprint density at radius 1 is 1.20 bits per heavy atom. The van der Waals surface area contributed by atoms with Crippen LogP contribution < -0.4 is 4.74 Å². The number of aryl methyl sites for hydroxylation is 4. The normalized spacial score (nSPS) is 10.6. The molecule has 5 heteroatoms. The molecule has 2 rings (SSSR count). The Labute approximate surface area is 117 Å². The van der Waals surface area contributed by atoms with E-state index in [-0.39, 0.29) is 5.69 Å². The largest absolute Gasteiger partial charge is 0.487 e. The van der Waals surface area contributed by atoms with E-state index in [0.29, 0.717) is 6.61 Å². The Hall–Kier alpha value is -2.30. The molecule has 0 bridgehead atoms. The lowest BCUT2D eigenvalue weighted by Crippen LogP contribution is -2.04. The molecule has 106 valence electrons. The van der Waals surface area contributed by atoms with Crippen LogP contribution in [0.1, 0.15) is 32.9 Å². The highest BCUT2D eigenvalue weighted by atomic mass is 16.5. The first-order valence-electron chi connectivity index (χ1n) is 6.35. The van der Waals surface area contributed by atoms with Crippen molar-refractivity contribution in [2.75, 3.05) is 0 Å². The molecule has 0 aliphatic rings. The lowest BCUT2D eigenvalue weighted by molar-refractivity contribution is 0.0689. The Morgan fingerprint density at radius 2 is 1.85 bits per heavy atom. The number of hydrogen-bond acceptors (Lipinski definition) is 3. The smallest absolute Gasteiger partial charge is 0.356 e. The van der Waals surface area contributed by atoms with E-state index in [1.54, 1.807) is 7.05 Å². The van der Waals surface area contributed by atoms with Crippen molar-refractivity contribution >= 4 is 5.97 Å². The quantitative estimate of drug-likeness (QED) is 0.930. The van der Waals surface area contributed by atoms with Crippen LogP contribution in [0.4, 0.5) is 0 Å². The zero-order valence-corrected chi connectivity index (χ0v) is 12.1. The predicted octanol–water partition coefficient (Wildman–Crippen LogP) is 2.62. The minimum absolute atomic E-state index is 0.0305. The number of rotatable bonds is 4. The van der Waals surface area contributed by atoms with E-state index in [1.165, 1.54) is 21.9 Å². The number of carboxylic acids is 1. The fraction of sp³-hybridized carbons (Fsp3) is 0.333. The molecule has 1 aromatic carbocycles. The molecular formula is C15H18N2O3. The molecule has 5 nitrogen and oxygen atoms in total. The second-order valence-electron chi connectivity index (χ2n) is 4.94. The highest BCUT2D eigenvalue weighted by Gasteiger charge is 2.12. The van der Waals surface area contributed by atoms with E-state index in [2.05, 4.69) is 18.1 Å². The highest BCUT2D eigenvalue weighted by Crippen LogP contribution is 2.23. The van der Waals surface area contributed by atoms with Gasteiger partial charge in [0.15, 0.2) is 5.69 Å². The van der Waals surface area contributed by atoms with E-state index < -0.39 is 5.97 Å². The van der Waals surface area contributed by atoms with Gasteiger partial charge in [-0.25, -0.2) is 4.79 Å². The van der Waals surface area contributed by atoms with Crippen molar-refractivity contribution in [1.82, 2.24) is 9.78 Å². The van der Waals surface area contributed by atoms with Gasteiger partial charge in [0, 0.05) is 7.05 Å². The van der Waals surface area contributed by atoms with E-state index >= 15 is 0 Å². The number of aromatic nitrogens is 2. The molecule has 0 saturated carbocycles. The zero-order valence-electron chi connectivity index (χ0n) is 12.1. The standard InChI is InChI=1S/C15H18N2O3/c1-9-5-11(3)14(6-10(9)2)20-8-12-7-13(15(18)19)16-17(12)4/h5-7H,8H2,1-4H3,(H,18,19). The van der Waals surface area contributed by atoms with Crippen molar-refractivity contribution in [3.8, 4) is 5.75 Å². The van der Waals surface area contributed by atoms with Gasteiger partial charge < -0.3 is 9.84 Å². The SMILES string of the molecule is Cc1cc(C)c(OCc2cc(C(=O)O)nn2C)cc1C. The van der Waals surface area contributed by atoms with E-state index in [9.17, 15) is 4.79 Å². The lowest BCUT2D eigenvalue weighted by atomic mass is 10.1. The predicted molar refractivity (Wildman–Crippen MR) is 75.2 cm³/mol. The molecule has 1 heterocycles. The maximum atomic E-state index is 10.9. The molecule has 0 fully saturated rings. The molecule has 0 aliphatic carbocycles. The molecule has 0 radical (unpaired) electrons. The van der Waals surface area contributed by atoms with Crippen molar-refractivity contribution in [2.24, 2.45) is 7.05 Å². The monoisotopic (exact) mass is 274 g/mol. The van der Waals surface area contributed by atoms with Crippen LogP contribution in [0.2, 0.25) is 0 Å². The van der Waals surface area contributed by atoms with Crippen LogP contribution >= 0.6 is 0 Å². The fourth-order valence-electron chi connectivity index (χ4n) is 1.99. The number of carboxylic acid groups (broad SMARTS) is 1. The van der Waals surface area contributed by atoms with E-state index in [4.69, 9.17) is 9.84 Å². The summed E-state index contributed by atoms with van der Waals surface area (Å²) in [4.78, 5) is 10.9. The van der Waals surface area contributed by atoms with Crippen LogP contribution in [-0.2, 0) is 13.7 Å². The number of benzene rings is 1. The molecule has 1 aromatic heterocycles. The zero-order chi connectivity index (χ0) is 14.9. The van der Waals surface area contributed by atoms with Crippen LogP contribution in [-0.4, -0.2) is 20.9 Å². The van der Waals surface area contributed by atoms with Gasteiger partial charge in [-0.2, -0.15) is 5.10 Å². The molecule has 0 amide bonds. The van der Waals surface area contributed by atoms with Crippen LogP contribution in [0.25, 0.3) is 0 Å². The third kappa shape index (κ3) is 2.82. The number of carbonyl (C=O) groups is 1. The summed E-state index contributed by atoms with van der Waals surface area (Å²) in [6.45, 7) is 6.38. The van der Waals surface area contributed by atoms with E-state index in [0.717, 1.165) is 17.0 Å². The van der Waals surface area contributed by atoms with Crippen LogP contribution in [0.5, 0.6) is 5.75 Å². The highest BCUT2D eigenvalue weighted by molar-refractivity contribution is 5.85. The van der Waals surface area contributed by atoms with Gasteiger partial charge in [-0.15, -0.1) is 0 Å². The molecular weight excluding hydrogens is 256 g/mol. The summed E-state index contributed by atoms with van der Waals surface area (Å²) in [6, 6.07) is 5.61. The summed E-state index contributed by atoms with van der Waals surface area (Å²) in [5.74, 6) is -0.222. The second-order valence-corrected chi connectivity index (χ2v) is 4.94. The first-order valence-corrected chi connectivity index (χ1v) is 6.35. The summed E-state index contributed by atoms with van der Waals surface area (Å²) in [5.41, 5.74) is 4.21. The Bertz CT molecular complexity index is 659. The van der Waals surface area contributed by atoms with Crippen LogP contribution in [0, 0.1) is 20.8 Å². The third-order valence-corrected chi connectivity index (χ3v) is 3.36. The molecule has 0 saturated heterocycles. The lowest BCUT2D eigenvalue weighted by Gasteiger charge is -2.11. The third-order valence-electron chi connectivity index (χ3n) is 3.36. The number of ether oxygens (including phenoxy) is 1. The van der Waals surface area contributed by atoms with Crippen LogP contribution in [0.3, 0.4) is 0 Å². The van der Waals surface area contributed by atoms with Gasteiger partial charge in [0.2, 0.25) is 0 Å². The fourth-order valence-corrected chi connectivity index (χ4v) is 1.99. The first kappa shape index (κ1) is 14.1. The number of aromatic carboxylic acids is 1. The number of hydrogen-bond donors (Lipinski definition) is 1. The topological polar surface area (TPSA) is 64.3 Å². The van der Waals surface area contributed by atoms with Crippen molar-refractivity contribution in [2.45, 2.75) is 27.4 Å². The van der Waals surface area contributed by atoms with Crippen molar-refractivity contribution < 1.29 is 14.6 Å². The van der Waals surface area contributed by atoms with Gasteiger partial charge in [0.25, 0.3) is 0 Å². The average Bonchev–Trinajstić information content (AvgIpc) is 2.74. The summed E-state index contributed by atoms with van der Waals surface area (Å²) < 4.78 is 7.31. The molecule has 1 N–H and O–H groups in total. The van der Waals surface area contributed by atoms with Gasteiger partial charge in [0.05, 0.1) is 5.69 Å². The van der Waals surface area contributed by atoms with Gasteiger partial charge in [0.1, 0.15) is 12.4 Å². The first-order chi connectivity index (χ1) is 9.38. The number of nitrogens with zero attached hydrogens (tertiary/aromatic N) is 2. The average molecular weight is 274 g/mol. The molecule has 0 aliphatic heterocycles. The molecule has 0 unspecified atom stereocenters. The summed E-state index contributed by atoms with van der Waals surface area (Å²) in [7, 11) is 1.71. The van der Waals surface area contributed by atoms with Gasteiger partial charge in [-0.1, -0.05) is 6.07 Å². The van der Waals surface area contributed by atoms with Gasteiger partial charge in [-0.3, -0.25) is 4.68 Å². The minimum atomic E-state index is -1.03. The maximum Gasteiger partial charge on any atom is 0.356 e. The van der Waals surface area contributed by atoms with Crippen molar-refractivity contribution in [3.05, 3.63) is 46.3 Å². The molecule has 2 aromatic rings. The van der Waals surface area contributed by atoms with E-state index in [1.807, 2.05) is 19.9 Å². The molecule has 0 spiro atoms. The van der Waals surface area contributed by atoms with Gasteiger partial charge in [-0.05, 0) is 49.6 Å². The molecule has 20 heavy (non-hydrogen) atoms. The van der Waals surface area contributed by atoms with Gasteiger partial charge >= 0.3 is 5.97 Å². The summed E-state index contributed by atoms with van der Waals surface area (Å²) >= 11 is 0. The second kappa shape index (κ2) is 5.36.